The predicted octanol–water partition coefficient (Wildman–Crippen LogP) is 3.45. The van der Waals surface area contributed by atoms with Gasteiger partial charge in [0, 0.05) is 22.7 Å². The van der Waals surface area contributed by atoms with E-state index in [2.05, 4.69) is 15.9 Å². The van der Waals surface area contributed by atoms with Gasteiger partial charge in [0.05, 0.1) is 0 Å². The molecular formula is C14H15BrN2O2S2. The fourth-order valence-corrected chi connectivity index (χ4v) is 6.31. The quantitative estimate of drug-likeness (QED) is 0.800. The van der Waals surface area contributed by atoms with Crippen molar-refractivity contribution in [2.24, 2.45) is 0 Å². The maximum atomic E-state index is 12.9. The average Bonchev–Trinajstić information content (AvgIpc) is 3.17. The summed E-state index contributed by atoms with van der Waals surface area (Å²) in [6.45, 7) is 0.363. The van der Waals surface area contributed by atoms with Crippen LogP contribution in [0.3, 0.4) is 0 Å². The third-order valence-electron chi connectivity index (χ3n) is 3.37. The molecule has 21 heavy (non-hydrogen) atoms. The molecule has 0 amide bonds. The van der Waals surface area contributed by atoms with Gasteiger partial charge in [-0.1, -0.05) is 12.1 Å². The van der Waals surface area contributed by atoms with Gasteiger partial charge in [-0.05, 0) is 57.9 Å². The van der Waals surface area contributed by atoms with E-state index in [9.17, 15) is 8.42 Å². The molecule has 112 valence electrons. The van der Waals surface area contributed by atoms with Crippen molar-refractivity contribution in [2.45, 2.75) is 29.6 Å². The van der Waals surface area contributed by atoms with Crippen molar-refractivity contribution in [1.82, 2.24) is 4.31 Å². The van der Waals surface area contributed by atoms with Gasteiger partial charge < -0.3 is 5.73 Å². The lowest BCUT2D eigenvalue weighted by molar-refractivity contribution is 0.399. The van der Waals surface area contributed by atoms with Gasteiger partial charge in [-0.3, -0.25) is 0 Å². The molecule has 1 aliphatic carbocycles. The number of nitrogens with zero attached hydrogens (tertiary/aromatic N) is 1. The van der Waals surface area contributed by atoms with Crippen LogP contribution in [-0.2, 0) is 16.6 Å². The Hall–Kier alpha value is -0.890. The minimum absolute atomic E-state index is 0.102. The maximum Gasteiger partial charge on any atom is 0.254 e. The van der Waals surface area contributed by atoms with Crippen molar-refractivity contribution in [1.29, 1.82) is 0 Å². The predicted molar refractivity (Wildman–Crippen MR) is 88.6 cm³/mol. The molecule has 1 saturated carbocycles. The number of anilines is 1. The summed E-state index contributed by atoms with van der Waals surface area (Å²) in [7, 11) is -3.47. The lowest BCUT2D eigenvalue weighted by Crippen LogP contribution is -2.32. The van der Waals surface area contributed by atoms with E-state index in [-0.39, 0.29) is 6.04 Å². The zero-order valence-corrected chi connectivity index (χ0v) is 14.4. The lowest BCUT2D eigenvalue weighted by Gasteiger charge is -2.21. The number of hydrogen-bond donors (Lipinski definition) is 1. The molecule has 0 bridgehead atoms. The summed E-state index contributed by atoms with van der Waals surface area (Å²) >= 11 is 4.56. The van der Waals surface area contributed by atoms with E-state index in [1.54, 1.807) is 21.8 Å². The molecule has 1 aromatic heterocycles. The highest BCUT2D eigenvalue weighted by atomic mass is 79.9. The Morgan fingerprint density at radius 3 is 2.67 bits per heavy atom. The van der Waals surface area contributed by atoms with Gasteiger partial charge in [-0.2, -0.15) is 4.31 Å². The van der Waals surface area contributed by atoms with Crippen LogP contribution in [0.25, 0.3) is 0 Å². The number of benzene rings is 1. The second kappa shape index (κ2) is 5.72. The number of rotatable bonds is 5. The molecule has 1 aromatic carbocycles. The second-order valence-electron chi connectivity index (χ2n) is 5.08. The third-order valence-corrected chi connectivity index (χ3v) is 7.92. The van der Waals surface area contributed by atoms with Crippen molar-refractivity contribution in [3.8, 4) is 0 Å². The first-order valence-electron chi connectivity index (χ1n) is 6.58. The first-order valence-corrected chi connectivity index (χ1v) is 9.69. The van der Waals surface area contributed by atoms with Crippen molar-refractivity contribution in [3.05, 3.63) is 45.7 Å². The smallest absolute Gasteiger partial charge is 0.254 e. The van der Waals surface area contributed by atoms with Gasteiger partial charge in [-0.25, -0.2) is 8.42 Å². The summed E-state index contributed by atoms with van der Waals surface area (Å²) < 4.78 is 28.3. The molecular weight excluding hydrogens is 372 g/mol. The van der Waals surface area contributed by atoms with Gasteiger partial charge in [0.25, 0.3) is 10.0 Å². The normalized spacial score (nSPS) is 15.5. The fourth-order valence-electron chi connectivity index (χ4n) is 2.21. The molecule has 0 atom stereocenters. The Morgan fingerprint density at radius 2 is 2.10 bits per heavy atom. The summed E-state index contributed by atoms with van der Waals surface area (Å²) in [6, 6.07) is 9.26. The van der Waals surface area contributed by atoms with Gasteiger partial charge in [0.15, 0.2) is 0 Å². The van der Waals surface area contributed by atoms with Gasteiger partial charge in [-0.15, -0.1) is 11.3 Å². The minimum atomic E-state index is -3.47. The van der Waals surface area contributed by atoms with Crippen molar-refractivity contribution in [2.75, 3.05) is 5.73 Å². The van der Waals surface area contributed by atoms with Crippen LogP contribution in [0.5, 0.6) is 0 Å². The zero-order valence-electron chi connectivity index (χ0n) is 11.2. The molecule has 1 heterocycles. The molecule has 0 saturated heterocycles. The summed E-state index contributed by atoms with van der Waals surface area (Å²) in [5.74, 6) is 0. The molecule has 2 aromatic rings. The van der Waals surface area contributed by atoms with Gasteiger partial charge in [0.2, 0.25) is 0 Å². The van der Waals surface area contributed by atoms with E-state index in [0.29, 0.717) is 20.9 Å². The van der Waals surface area contributed by atoms with Crippen LogP contribution in [-0.4, -0.2) is 18.8 Å². The van der Waals surface area contributed by atoms with Crippen LogP contribution in [0.2, 0.25) is 0 Å². The molecule has 7 heteroatoms. The summed E-state index contributed by atoms with van der Waals surface area (Å²) in [5.41, 5.74) is 7.35. The van der Waals surface area contributed by atoms with Crippen molar-refractivity contribution in [3.63, 3.8) is 0 Å². The van der Waals surface area contributed by atoms with Crippen LogP contribution in [0, 0.1) is 0 Å². The van der Waals surface area contributed by atoms with Crippen LogP contribution >= 0.6 is 27.3 Å². The Labute approximate surface area is 136 Å². The molecule has 1 aliphatic rings. The number of hydrogen-bond acceptors (Lipinski definition) is 4. The van der Waals surface area contributed by atoms with Gasteiger partial charge >= 0.3 is 0 Å². The Balaban J connectivity index is 1.94. The van der Waals surface area contributed by atoms with Crippen molar-refractivity contribution < 1.29 is 8.42 Å². The topological polar surface area (TPSA) is 63.4 Å². The third kappa shape index (κ3) is 3.15. The zero-order chi connectivity index (χ0) is 15.0. The number of nitrogen functional groups attached to an aromatic ring is 1. The molecule has 0 radical (unpaired) electrons. The van der Waals surface area contributed by atoms with Crippen LogP contribution in [0.4, 0.5) is 5.69 Å². The highest BCUT2D eigenvalue weighted by Crippen LogP contribution is 2.37. The lowest BCUT2D eigenvalue weighted by atomic mass is 10.2. The van der Waals surface area contributed by atoms with E-state index in [4.69, 9.17) is 5.73 Å². The minimum Gasteiger partial charge on any atom is -0.399 e. The SMILES string of the molecule is Nc1cccc(CN(C2CC2)S(=O)(=O)c2sccc2Br)c1. The summed E-state index contributed by atoms with van der Waals surface area (Å²) in [4.78, 5) is 0. The Kier molecular flexibility index (Phi) is 4.09. The first-order chi connectivity index (χ1) is 9.98. The molecule has 3 rings (SSSR count). The van der Waals surface area contributed by atoms with E-state index >= 15 is 0 Å². The van der Waals surface area contributed by atoms with E-state index in [1.807, 2.05) is 18.2 Å². The number of sulfonamides is 1. The highest BCUT2D eigenvalue weighted by Gasteiger charge is 2.39. The second-order valence-corrected chi connectivity index (χ2v) is 8.94. The number of thiophene rings is 1. The monoisotopic (exact) mass is 386 g/mol. The number of nitrogens with two attached hydrogens (primary N) is 1. The van der Waals surface area contributed by atoms with E-state index in [0.717, 1.165) is 18.4 Å². The van der Waals surface area contributed by atoms with E-state index in [1.165, 1.54) is 11.3 Å². The maximum absolute atomic E-state index is 12.9. The summed E-state index contributed by atoms with van der Waals surface area (Å²) in [5, 5.41) is 1.78. The molecule has 1 fully saturated rings. The molecule has 4 nitrogen and oxygen atoms in total. The molecule has 2 N–H and O–H groups in total. The first kappa shape index (κ1) is 15.0. The molecule has 0 unspecified atom stereocenters. The largest absolute Gasteiger partial charge is 0.399 e. The van der Waals surface area contributed by atoms with Crippen LogP contribution in [0.1, 0.15) is 18.4 Å². The van der Waals surface area contributed by atoms with Crippen LogP contribution in [0.15, 0.2) is 44.4 Å². The Bertz CT molecular complexity index is 754. The molecule has 0 aliphatic heterocycles. The summed E-state index contributed by atoms with van der Waals surface area (Å²) in [6.07, 6.45) is 1.84. The highest BCUT2D eigenvalue weighted by molar-refractivity contribution is 9.10. The Morgan fingerprint density at radius 1 is 1.33 bits per heavy atom. The molecule has 0 spiro atoms. The van der Waals surface area contributed by atoms with Crippen molar-refractivity contribution >= 4 is 43.0 Å². The fraction of sp³-hybridized carbons (Fsp3) is 0.286. The standard InChI is InChI=1S/C14H15BrN2O2S2/c15-13-6-7-20-14(13)21(18,19)17(12-4-5-12)9-10-2-1-3-11(16)8-10/h1-3,6-8,12H,4-5,9,16H2. The average molecular weight is 387 g/mol. The van der Waals surface area contributed by atoms with Gasteiger partial charge in [0.1, 0.15) is 4.21 Å². The van der Waals surface area contributed by atoms with E-state index < -0.39 is 10.0 Å². The number of halogens is 1. The van der Waals surface area contributed by atoms with Crippen LogP contribution < -0.4 is 5.73 Å².